The SMILES string of the molecule is O=C(NC1C(=O)N2C(C(=O)OC(c3ccccc3)c3ccccc3)C(CCl)=CS[C@@H]12)OCc1ccccc1. The van der Waals surface area contributed by atoms with Crippen molar-refractivity contribution in [2.24, 2.45) is 0 Å². The van der Waals surface area contributed by atoms with Crippen LogP contribution in [0.1, 0.15) is 22.8 Å². The number of fused-ring (bicyclic) bond motifs is 1. The minimum absolute atomic E-state index is 0.0574. The Hall–Kier alpha value is -3.75. The van der Waals surface area contributed by atoms with Crippen LogP contribution in [0.25, 0.3) is 0 Å². The molecule has 3 atom stereocenters. The van der Waals surface area contributed by atoms with Crippen LogP contribution in [-0.2, 0) is 25.7 Å². The molecule has 0 spiro atoms. The van der Waals surface area contributed by atoms with E-state index < -0.39 is 41.5 Å². The van der Waals surface area contributed by atoms with Crippen molar-refractivity contribution in [3.63, 3.8) is 0 Å². The zero-order valence-corrected chi connectivity index (χ0v) is 21.8. The molecule has 2 amide bonds. The lowest BCUT2D eigenvalue weighted by Gasteiger charge is -2.51. The van der Waals surface area contributed by atoms with Gasteiger partial charge in [-0.05, 0) is 27.7 Å². The molecule has 1 N–H and O–H groups in total. The molecule has 1 saturated heterocycles. The number of amides is 2. The average Bonchev–Trinajstić information content (AvgIpc) is 2.98. The van der Waals surface area contributed by atoms with E-state index in [0.29, 0.717) is 5.57 Å². The molecule has 2 unspecified atom stereocenters. The van der Waals surface area contributed by atoms with Crippen LogP contribution in [0.4, 0.5) is 4.79 Å². The van der Waals surface area contributed by atoms with E-state index in [1.807, 2.05) is 91.0 Å². The Balaban J connectivity index is 1.30. The number of carbonyl (C=O) groups excluding carboxylic acids is 3. The third-order valence-electron chi connectivity index (χ3n) is 6.37. The van der Waals surface area contributed by atoms with Crippen molar-refractivity contribution >= 4 is 41.3 Å². The van der Waals surface area contributed by atoms with Crippen molar-refractivity contribution in [1.29, 1.82) is 0 Å². The number of rotatable bonds is 8. The van der Waals surface area contributed by atoms with Gasteiger partial charge in [-0.25, -0.2) is 9.59 Å². The largest absolute Gasteiger partial charge is 0.451 e. The summed E-state index contributed by atoms with van der Waals surface area (Å²) in [5, 5.41) is 3.92. The Morgan fingerprint density at radius 3 is 2.08 bits per heavy atom. The summed E-state index contributed by atoms with van der Waals surface area (Å²) in [5.41, 5.74) is 3.01. The number of hydrogen-bond donors (Lipinski definition) is 1. The van der Waals surface area contributed by atoms with E-state index in [4.69, 9.17) is 21.1 Å². The van der Waals surface area contributed by atoms with Crippen molar-refractivity contribution in [2.75, 3.05) is 5.88 Å². The zero-order chi connectivity index (χ0) is 26.5. The first-order valence-corrected chi connectivity index (χ1v) is 13.5. The molecule has 2 aliphatic rings. The minimum Gasteiger partial charge on any atom is -0.451 e. The van der Waals surface area contributed by atoms with Gasteiger partial charge in [0.05, 0.1) is 0 Å². The van der Waals surface area contributed by atoms with Gasteiger partial charge in [-0.15, -0.1) is 23.4 Å². The number of benzene rings is 3. The van der Waals surface area contributed by atoms with Gasteiger partial charge in [-0.3, -0.25) is 4.79 Å². The zero-order valence-electron chi connectivity index (χ0n) is 20.2. The molecule has 2 heterocycles. The summed E-state index contributed by atoms with van der Waals surface area (Å²) >= 11 is 7.50. The molecular formula is C29H25ClN2O5S. The van der Waals surface area contributed by atoms with Gasteiger partial charge >= 0.3 is 12.1 Å². The highest BCUT2D eigenvalue weighted by Gasteiger charge is 2.56. The van der Waals surface area contributed by atoms with Crippen LogP contribution in [0.15, 0.2) is 102 Å². The highest BCUT2D eigenvalue weighted by molar-refractivity contribution is 8.03. The summed E-state index contributed by atoms with van der Waals surface area (Å²) in [7, 11) is 0. The summed E-state index contributed by atoms with van der Waals surface area (Å²) in [6.45, 7) is 0.0840. The molecule has 0 aromatic heterocycles. The van der Waals surface area contributed by atoms with Crippen LogP contribution in [0.2, 0.25) is 0 Å². The fourth-order valence-corrected chi connectivity index (χ4v) is 6.00. The monoisotopic (exact) mass is 548 g/mol. The Morgan fingerprint density at radius 1 is 0.921 bits per heavy atom. The normalized spacial score (nSPS) is 20.2. The minimum atomic E-state index is -0.987. The summed E-state index contributed by atoms with van der Waals surface area (Å²) in [5.74, 6) is -0.923. The molecule has 2 aliphatic heterocycles. The maximum absolute atomic E-state index is 13.6. The molecule has 0 saturated carbocycles. The van der Waals surface area contributed by atoms with Gasteiger partial charge < -0.3 is 19.7 Å². The van der Waals surface area contributed by atoms with Crippen molar-refractivity contribution in [3.8, 4) is 0 Å². The molecule has 194 valence electrons. The van der Waals surface area contributed by atoms with Crippen molar-refractivity contribution in [1.82, 2.24) is 10.2 Å². The van der Waals surface area contributed by atoms with Crippen molar-refractivity contribution < 1.29 is 23.9 Å². The molecule has 0 radical (unpaired) electrons. The quantitative estimate of drug-likeness (QED) is 0.242. The maximum atomic E-state index is 13.6. The first kappa shape index (κ1) is 25.9. The van der Waals surface area contributed by atoms with Crippen molar-refractivity contribution in [2.45, 2.75) is 30.2 Å². The van der Waals surface area contributed by atoms with E-state index in [-0.39, 0.29) is 12.5 Å². The Morgan fingerprint density at radius 2 is 1.50 bits per heavy atom. The highest BCUT2D eigenvalue weighted by atomic mass is 35.5. The van der Waals surface area contributed by atoms with Gasteiger partial charge in [0, 0.05) is 5.88 Å². The standard InChI is InChI=1S/C29H25ClN2O5S/c30-16-22-18-38-27-23(31-29(35)36-17-19-10-4-1-5-11-19)26(33)32(27)24(22)28(34)37-25(20-12-6-2-7-13-20)21-14-8-3-9-15-21/h1-15,18,23-25,27H,16-17H2,(H,31,35)/t23?,24?,27-/m0/s1. The predicted octanol–water partition coefficient (Wildman–Crippen LogP) is 5.02. The van der Waals surface area contributed by atoms with Crippen LogP contribution in [0.5, 0.6) is 0 Å². The van der Waals surface area contributed by atoms with Gasteiger partial charge in [0.2, 0.25) is 5.91 Å². The van der Waals surface area contributed by atoms with Gasteiger partial charge in [-0.1, -0.05) is 91.0 Å². The number of esters is 1. The van der Waals surface area contributed by atoms with E-state index in [1.165, 1.54) is 16.7 Å². The molecule has 9 heteroatoms. The molecule has 5 rings (SSSR count). The van der Waals surface area contributed by atoms with E-state index in [1.54, 1.807) is 5.41 Å². The third kappa shape index (κ3) is 5.42. The lowest BCUT2D eigenvalue weighted by atomic mass is 9.98. The molecule has 1 fully saturated rings. The number of nitrogens with one attached hydrogen (secondary N) is 1. The number of halogens is 1. The van der Waals surface area contributed by atoms with E-state index in [0.717, 1.165) is 16.7 Å². The lowest BCUT2D eigenvalue weighted by Crippen LogP contribution is -2.74. The van der Waals surface area contributed by atoms with Crippen LogP contribution in [0.3, 0.4) is 0 Å². The molecule has 38 heavy (non-hydrogen) atoms. The Labute approximate surface area is 229 Å². The van der Waals surface area contributed by atoms with Crippen LogP contribution in [0, 0.1) is 0 Å². The number of ether oxygens (including phenoxy) is 2. The fourth-order valence-electron chi connectivity index (χ4n) is 4.46. The number of β-lactam (4-membered cyclic amide) rings is 1. The number of nitrogens with zero attached hydrogens (tertiary/aromatic N) is 1. The topological polar surface area (TPSA) is 84.9 Å². The molecule has 3 aromatic carbocycles. The fraction of sp³-hybridized carbons (Fsp3) is 0.207. The molecule has 7 nitrogen and oxygen atoms in total. The number of carbonyl (C=O) groups is 3. The van der Waals surface area contributed by atoms with Crippen LogP contribution in [-0.4, -0.2) is 46.2 Å². The van der Waals surface area contributed by atoms with Gasteiger partial charge in [0.25, 0.3) is 0 Å². The summed E-state index contributed by atoms with van der Waals surface area (Å²) < 4.78 is 11.3. The average molecular weight is 549 g/mol. The van der Waals surface area contributed by atoms with E-state index in [9.17, 15) is 14.4 Å². The maximum Gasteiger partial charge on any atom is 0.408 e. The molecule has 0 aliphatic carbocycles. The Bertz CT molecular complexity index is 1280. The predicted molar refractivity (Wildman–Crippen MR) is 145 cm³/mol. The van der Waals surface area contributed by atoms with Crippen molar-refractivity contribution in [3.05, 3.63) is 119 Å². The van der Waals surface area contributed by atoms with E-state index in [2.05, 4.69) is 5.32 Å². The first-order valence-electron chi connectivity index (χ1n) is 12.1. The van der Waals surface area contributed by atoms with Crippen LogP contribution < -0.4 is 5.32 Å². The second-order valence-electron chi connectivity index (χ2n) is 8.82. The highest BCUT2D eigenvalue weighted by Crippen LogP contribution is 2.41. The first-order chi connectivity index (χ1) is 18.6. The number of hydrogen-bond acceptors (Lipinski definition) is 6. The third-order valence-corrected chi connectivity index (χ3v) is 7.90. The second-order valence-corrected chi connectivity index (χ2v) is 10.1. The molecule has 3 aromatic rings. The second kappa shape index (κ2) is 11.8. The summed E-state index contributed by atoms with van der Waals surface area (Å²) in [6.07, 6.45) is -1.36. The molecule has 0 bridgehead atoms. The smallest absolute Gasteiger partial charge is 0.408 e. The van der Waals surface area contributed by atoms with Gasteiger partial charge in [0.1, 0.15) is 18.0 Å². The summed E-state index contributed by atoms with van der Waals surface area (Å²) in [4.78, 5) is 40.6. The van der Waals surface area contributed by atoms with E-state index >= 15 is 0 Å². The number of alkyl carbamates (subject to hydrolysis) is 1. The van der Waals surface area contributed by atoms with Gasteiger partial charge in [0.15, 0.2) is 12.1 Å². The lowest BCUT2D eigenvalue weighted by molar-refractivity contribution is -0.164. The van der Waals surface area contributed by atoms with Crippen LogP contribution >= 0.6 is 23.4 Å². The molecular weight excluding hydrogens is 524 g/mol. The Kier molecular flexibility index (Phi) is 8.00. The number of thioether (sulfide) groups is 1. The van der Waals surface area contributed by atoms with Gasteiger partial charge in [-0.2, -0.15) is 0 Å². The number of alkyl halides is 1. The summed E-state index contributed by atoms with van der Waals surface area (Å²) in [6, 6.07) is 26.3.